The first-order chi connectivity index (χ1) is 29.8. The molecule has 0 amide bonds. The number of hydrogen-bond acceptors (Lipinski definition) is 3. The van der Waals surface area contributed by atoms with E-state index < -0.39 is 0 Å². The Labute approximate surface area is 370 Å². The Hall–Kier alpha value is -6.00. The first-order valence-electron chi connectivity index (χ1n) is 22.9. The van der Waals surface area contributed by atoms with E-state index >= 15 is 0 Å². The second-order valence-corrected chi connectivity index (χ2v) is 20.8. The average molecular weight is 808 g/mol. The number of rotatable bonds is 4. The van der Waals surface area contributed by atoms with Crippen molar-refractivity contribution in [3.8, 4) is 0 Å². The van der Waals surface area contributed by atoms with Gasteiger partial charge in [0.05, 0.1) is 5.54 Å². The lowest BCUT2D eigenvalue weighted by molar-refractivity contribution is 0.215. The molecule has 4 heteroatoms. The van der Waals surface area contributed by atoms with Gasteiger partial charge in [0.1, 0.15) is 0 Å². The number of aryl methyl sites for hydroxylation is 1. The first kappa shape index (κ1) is 38.9. The highest BCUT2D eigenvalue weighted by molar-refractivity contribution is 7.00. The van der Waals surface area contributed by atoms with Crippen molar-refractivity contribution in [3.05, 3.63) is 186 Å². The van der Waals surface area contributed by atoms with Crippen LogP contribution < -0.4 is 31.1 Å². The lowest BCUT2D eigenvalue weighted by Gasteiger charge is -2.52. The first-order valence-corrected chi connectivity index (χ1v) is 22.9. The number of anilines is 8. The molecule has 4 aliphatic rings. The van der Waals surface area contributed by atoms with E-state index in [1.54, 1.807) is 0 Å². The molecule has 3 heterocycles. The van der Waals surface area contributed by atoms with Gasteiger partial charge in [-0.2, -0.15) is 0 Å². The normalized spacial score (nSPS) is 20.0. The largest absolute Gasteiger partial charge is 0.334 e. The van der Waals surface area contributed by atoms with Gasteiger partial charge in [-0.05, 0) is 142 Å². The van der Waals surface area contributed by atoms with Gasteiger partial charge in [-0.25, -0.2) is 0 Å². The van der Waals surface area contributed by atoms with Crippen LogP contribution in [0.2, 0.25) is 0 Å². The lowest BCUT2D eigenvalue weighted by Crippen LogP contribution is -2.61. The van der Waals surface area contributed by atoms with Crippen LogP contribution in [0.3, 0.4) is 0 Å². The number of benzene rings is 7. The van der Waals surface area contributed by atoms with Gasteiger partial charge in [0.15, 0.2) is 0 Å². The molecule has 11 rings (SSSR count). The fourth-order valence-electron chi connectivity index (χ4n) is 12.1. The van der Waals surface area contributed by atoms with Gasteiger partial charge in [-0.15, -0.1) is 0 Å². The molecule has 0 saturated heterocycles. The molecule has 7 aromatic rings. The molecule has 0 spiro atoms. The zero-order valence-electron chi connectivity index (χ0n) is 37.8. The summed E-state index contributed by atoms with van der Waals surface area (Å²) in [5, 5.41) is 0. The van der Waals surface area contributed by atoms with Gasteiger partial charge in [-0.1, -0.05) is 151 Å². The Balaban J connectivity index is 1.15. The molecule has 1 saturated carbocycles. The fourth-order valence-corrected chi connectivity index (χ4v) is 12.1. The second-order valence-electron chi connectivity index (χ2n) is 20.8. The van der Waals surface area contributed by atoms with Gasteiger partial charge in [0.25, 0.3) is 6.71 Å². The van der Waals surface area contributed by atoms with Crippen LogP contribution in [-0.2, 0) is 16.2 Å². The van der Waals surface area contributed by atoms with E-state index in [2.05, 4.69) is 228 Å². The van der Waals surface area contributed by atoms with Crippen molar-refractivity contribution in [1.82, 2.24) is 0 Å². The fraction of sp³-hybridized carbons (Fsp3) is 0.276. The maximum atomic E-state index is 2.77. The third kappa shape index (κ3) is 5.57. The summed E-state index contributed by atoms with van der Waals surface area (Å²) in [5.74, 6) is 0. The summed E-state index contributed by atoms with van der Waals surface area (Å²) in [6, 6.07) is 60.9. The molecule has 7 aromatic carbocycles. The predicted molar refractivity (Wildman–Crippen MR) is 265 cm³/mol. The Morgan fingerprint density at radius 2 is 1.02 bits per heavy atom. The highest BCUT2D eigenvalue weighted by Crippen LogP contribution is 2.64. The maximum Gasteiger partial charge on any atom is 0.252 e. The highest BCUT2D eigenvalue weighted by atomic mass is 15.3. The topological polar surface area (TPSA) is 9.72 Å². The molecule has 0 N–H and O–H groups in total. The molecule has 0 bridgehead atoms. The quantitative estimate of drug-likeness (QED) is 0.164. The van der Waals surface area contributed by atoms with Crippen molar-refractivity contribution in [3.63, 3.8) is 0 Å². The molecular formula is C58H58BN3. The van der Waals surface area contributed by atoms with Crippen molar-refractivity contribution >= 4 is 68.6 Å². The van der Waals surface area contributed by atoms with E-state index in [1.165, 1.54) is 103 Å². The lowest BCUT2D eigenvalue weighted by atomic mass is 9.33. The number of para-hydroxylation sites is 3. The van der Waals surface area contributed by atoms with E-state index in [-0.39, 0.29) is 28.5 Å². The third-order valence-corrected chi connectivity index (χ3v) is 15.1. The van der Waals surface area contributed by atoms with Crippen molar-refractivity contribution < 1.29 is 0 Å². The summed E-state index contributed by atoms with van der Waals surface area (Å²) in [6.07, 6.45) is 4.69. The molecule has 308 valence electrons. The molecule has 3 aliphatic heterocycles. The second kappa shape index (κ2) is 13.8. The summed E-state index contributed by atoms with van der Waals surface area (Å²) < 4.78 is 0. The van der Waals surface area contributed by atoms with Crippen LogP contribution >= 0.6 is 0 Å². The summed E-state index contributed by atoms with van der Waals surface area (Å²) in [7, 11) is 0. The van der Waals surface area contributed by atoms with Crippen LogP contribution in [0, 0.1) is 6.92 Å². The maximum absolute atomic E-state index is 2.77. The Morgan fingerprint density at radius 1 is 0.484 bits per heavy atom. The summed E-state index contributed by atoms with van der Waals surface area (Å²) in [6.45, 7) is 18.8. The monoisotopic (exact) mass is 807 g/mol. The van der Waals surface area contributed by atoms with Crippen molar-refractivity contribution in [2.75, 3.05) is 14.7 Å². The molecule has 1 fully saturated rings. The van der Waals surface area contributed by atoms with Gasteiger partial charge < -0.3 is 14.7 Å². The standard InChI is InChI=1S/C58H58BN3/c1-39-36-52-54-53(37-39)61(44-30-28-41(29-31-44)56(5,6)7)51-38-45(32-33-48(51)59(54)47-21-13-15-23-50(47)60(52)43-18-10-9-11-19-43)62-49-22-14-12-20-46(49)58(35-17-16-34-57(58,62)8)42-26-24-40(25-27-42)55(2,3)4/h9-15,18-33,36-38H,16-17,34-35H2,1-8H3. The molecule has 1 aliphatic carbocycles. The average Bonchev–Trinajstić information content (AvgIpc) is 3.51. The van der Waals surface area contributed by atoms with Crippen LogP contribution in [0.5, 0.6) is 0 Å². The molecule has 0 radical (unpaired) electrons. The van der Waals surface area contributed by atoms with Crippen LogP contribution in [-0.4, -0.2) is 12.3 Å². The van der Waals surface area contributed by atoms with Crippen molar-refractivity contribution in [2.24, 2.45) is 0 Å². The van der Waals surface area contributed by atoms with E-state index in [4.69, 9.17) is 0 Å². The molecule has 0 aromatic heterocycles. The zero-order chi connectivity index (χ0) is 42.8. The predicted octanol–water partition coefficient (Wildman–Crippen LogP) is 13.4. The zero-order valence-corrected chi connectivity index (χ0v) is 37.8. The highest BCUT2D eigenvalue weighted by Gasteiger charge is 2.61. The number of hydrogen-bond donors (Lipinski definition) is 0. The molecular weight excluding hydrogens is 749 g/mol. The van der Waals surface area contributed by atoms with Gasteiger partial charge in [-0.3, -0.25) is 0 Å². The van der Waals surface area contributed by atoms with Gasteiger partial charge in [0, 0.05) is 50.9 Å². The minimum atomic E-state index is -0.171. The van der Waals surface area contributed by atoms with E-state index in [0.717, 1.165) is 12.8 Å². The summed E-state index contributed by atoms with van der Waals surface area (Å²) >= 11 is 0. The Morgan fingerprint density at radius 3 is 1.69 bits per heavy atom. The van der Waals surface area contributed by atoms with Gasteiger partial charge in [0.2, 0.25) is 0 Å². The SMILES string of the molecule is Cc1cc2c3c(c1)N(c1ccc(C(C)(C)C)cc1)c1cc(N4c5ccccc5C5(c6ccc(C(C)(C)C)cc6)CCCCC45C)ccc1B3c1ccccc1N2c1ccccc1. The minimum Gasteiger partial charge on any atom is -0.334 e. The molecule has 2 atom stereocenters. The van der Waals surface area contributed by atoms with E-state index in [9.17, 15) is 0 Å². The minimum absolute atomic E-state index is 0.0527. The van der Waals surface area contributed by atoms with Crippen molar-refractivity contribution in [1.29, 1.82) is 0 Å². The Bertz CT molecular complexity index is 2870. The van der Waals surface area contributed by atoms with E-state index in [1.807, 2.05) is 0 Å². The van der Waals surface area contributed by atoms with Crippen LogP contribution in [0.4, 0.5) is 45.5 Å². The molecule has 3 nitrogen and oxygen atoms in total. The molecule has 62 heavy (non-hydrogen) atoms. The smallest absolute Gasteiger partial charge is 0.252 e. The van der Waals surface area contributed by atoms with Crippen LogP contribution in [0.15, 0.2) is 158 Å². The van der Waals surface area contributed by atoms with Crippen molar-refractivity contribution in [2.45, 2.75) is 103 Å². The van der Waals surface area contributed by atoms with Crippen LogP contribution in [0.25, 0.3) is 0 Å². The third-order valence-electron chi connectivity index (χ3n) is 15.1. The number of fused-ring (bicyclic) bond motifs is 7. The van der Waals surface area contributed by atoms with Crippen LogP contribution in [0.1, 0.15) is 102 Å². The number of nitrogens with zero attached hydrogens (tertiary/aromatic N) is 3. The van der Waals surface area contributed by atoms with Gasteiger partial charge >= 0.3 is 0 Å². The summed E-state index contributed by atoms with van der Waals surface area (Å²) in [4.78, 5) is 7.86. The molecule has 2 unspecified atom stereocenters. The Kier molecular flexibility index (Phi) is 8.63. The summed E-state index contributed by atoms with van der Waals surface area (Å²) in [5.41, 5.74) is 20.8. The van der Waals surface area contributed by atoms with E-state index in [0.29, 0.717) is 0 Å².